The SMILES string of the molecule is Cc1nc(-c2ccc(Cl)cc2)sc1C(=O)NC1CCCN(c2ccc(F)c(C(=O)O)c2)C1. The van der Waals surface area contributed by atoms with Crippen molar-refractivity contribution in [3.63, 3.8) is 0 Å². The Morgan fingerprint density at radius 1 is 1.25 bits per heavy atom. The lowest BCUT2D eigenvalue weighted by atomic mass is 10.0. The monoisotopic (exact) mass is 473 g/mol. The number of piperidine rings is 1. The highest BCUT2D eigenvalue weighted by Gasteiger charge is 2.25. The fraction of sp³-hybridized carbons (Fsp3) is 0.261. The molecule has 1 aliphatic heterocycles. The van der Waals surface area contributed by atoms with Gasteiger partial charge in [-0.2, -0.15) is 0 Å². The zero-order chi connectivity index (χ0) is 22.8. The average Bonchev–Trinajstić information content (AvgIpc) is 3.16. The summed E-state index contributed by atoms with van der Waals surface area (Å²) in [5, 5.41) is 13.6. The number of aryl methyl sites for hydroxylation is 1. The van der Waals surface area contributed by atoms with Crippen molar-refractivity contribution in [1.29, 1.82) is 0 Å². The molecule has 0 saturated carbocycles. The Labute approximate surface area is 193 Å². The van der Waals surface area contributed by atoms with E-state index in [0.29, 0.717) is 34.4 Å². The van der Waals surface area contributed by atoms with Crippen molar-refractivity contribution in [2.24, 2.45) is 0 Å². The van der Waals surface area contributed by atoms with Gasteiger partial charge in [0.05, 0.1) is 11.3 Å². The van der Waals surface area contributed by atoms with Crippen LogP contribution in [-0.2, 0) is 0 Å². The molecule has 6 nitrogen and oxygen atoms in total. The highest BCUT2D eigenvalue weighted by molar-refractivity contribution is 7.17. The van der Waals surface area contributed by atoms with Gasteiger partial charge in [-0.05, 0) is 50.1 Å². The van der Waals surface area contributed by atoms with E-state index in [4.69, 9.17) is 11.6 Å². The predicted octanol–water partition coefficient (Wildman–Crippen LogP) is 5.01. The van der Waals surface area contributed by atoms with Gasteiger partial charge in [-0.15, -0.1) is 11.3 Å². The minimum absolute atomic E-state index is 0.116. The van der Waals surface area contributed by atoms with E-state index in [9.17, 15) is 19.1 Å². The van der Waals surface area contributed by atoms with Crippen molar-refractivity contribution < 1.29 is 19.1 Å². The second kappa shape index (κ2) is 9.26. The number of benzene rings is 2. The molecular weight excluding hydrogens is 453 g/mol. The van der Waals surface area contributed by atoms with Crippen molar-refractivity contribution in [3.05, 3.63) is 69.4 Å². The van der Waals surface area contributed by atoms with Crippen molar-refractivity contribution in [3.8, 4) is 10.6 Å². The minimum Gasteiger partial charge on any atom is -0.478 e. The molecule has 0 spiro atoms. The molecule has 32 heavy (non-hydrogen) atoms. The van der Waals surface area contributed by atoms with Gasteiger partial charge in [0.2, 0.25) is 0 Å². The molecule has 0 radical (unpaired) electrons. The molecule has 1 aromatic heterocycles. The number of aromatic nitrogens is 1. The fourth-order valence-corrected chi connectivity index (χ4v) is 4.88. The Kier molecular flexibility index (Phi) is 6.43. The van der Waals surface area contributed by atoms with Gasteiger partial charge in [-0.25, -0.2) is 14.2 Å². The normalized spacial score (nSPS) is 16.1. The molecule has 1 fully saturated rings. The van der Waals surface area contributed by atoms with Crippen LogP contribution in [-0.4, -0.2) is 41.1 Å². The molecule has 1 amide bonds. The Morgan fingerprint density at radius 2 is 2.00 bits per heavy atom. The number of carbonyl (C=O) groups excluding carboxylic acids is 1. The number of carboxylic acid groups (broad SMARTS) is 1. The number of halogens is 2. The summed E-state index contributed by atoms with van der Waals surface area (Å²) in [5.41, 5.74) is 1.83. The maximum Gasteiger partial charge on any atom is 0.338 e. The molecule has 1 unspecified atom stereocenters. The van der Waals surface area contributed by atoms with Crippen molar-refractivity contribution in [2.75, 3.05) is 18.0 Å². The predicted molar refractivity (Wildman–Crippen MR) is 123 cm³/mol. The topological polar surface area (TPSA) is 82.5 Å². The van der Waals surface area contributed by atoms with Crippen LogP contribution >= 0.6 is 22.9 Å². The number of carbonyl (C=O) groups is 2. The van der Waals surface area contributed by atoms with Crippen LogP contribution in [0.1, 0.15) is 38.6 Å². The maximum atomic E-state index is 13.7. The number of amides is 1. The third kappa shape index (κ3) is 4.76. The number of nitrogens with one attached hydrogen (secondary N) is 1. The van der Waals surface area contributed by atoms with Crippen LogP contribution in [0.25, 0.3) is 10.6 Å². The van der Waals surface area contributed by atoms with Crippen LogP contribution in [0.15, 0.2) is 42.5 Å². The summed E-state index contributed by atoms with van der Waals surface area (Å²) in [6, 6.07) is 11.3. The zero-order valence-electron chi connectivity index (χ0n) is 17.3. The van der Waals surface area contributed by atoms with Crippen molar-refractivity contribution in [2.45, 2.75) is 25.8 Å². The van der Waals surface area contributed by atoms with Gasteiger partial charge in [0.1, 0.15) is 15.7 Å². The molecule has 3 aromatic rings. The minimum atomic E-state index is -1.30. The lowest BCUT2D eigenvalue weighted by molar-refractivity contribution is 0.0691. The third-order valence-corrected chi connectivity index (χ3v) is 6.85. The van der Waals surface area contributed by atoms with E-state index in [1.54, 1.807) is 18.2 Å². The summed E-state index contributed by atoms with van der Waals surface area (Å²) in [5.74, 6) is -2.25. The molecule has 9 heteroatoms. The van der Waals surface area contributed by atoms with E-state index >= 15 is 0 Å². The molecule has 1 atom stereocenters. The van der Waals surface area contributed by atoms with Crippen LogP contribution in [0.4, 0.5) is 10.1 Å². The second-order valence-corrected chi connectivity index (χ2v) is 9.10. The van der Waals surface area contributed by atoms with Crippen LogP contribution < -0.4 is 10.2 Å². The molecule has 0 bridgehead atoms. The van der Waals surface area contributed by atoms with Gasteiger partial charge in [-0.1, -0.05) is 23.7 Å². The molecule has 4 rings (SSSR count). The standard InChI is InChI=1S/C23H21ClFN3O3S/c1-13-20(32-22(26-13)14-4-6-15(24)7-5-14)21(29)27-16-3-2-10-28(12-16)17-8-9-19(25)18(11-17)23(30)31/h4-9,11,16H,2-3,10,12H2,1H3,(H,27,29)(H,30,31). The molecule has 0 aliphatic carbocycles. The summed E-state index contributed by atoms with van der Waals surface area (Å²) in [6.07, 6.45) is 1.62. The number of nitrogens with zero attached hydrogens (tertiary/aromatic N) is 2. The first-order valence-electron chi connectivity index (χ1n) is 10.1. The lowest BCUT2D eigenvalue weighted by Gasteiger charge is -2.34. The molecular formula is C23H21ClFN3O3S. The highest BCUT2D eigenvalue weighted by Crippen LogP contribution is 2.29. The summed E-state index contributed by atoms with van der Waals surface area (Å²) >= 11 is 7.28. The van der Waals surface area contributed by atoms with Crippen LogP contribution in [0, 0.1) is 12.7 Å². The number of aromatic carboxylic acids is 1. The average molecular weight is 474 g/mol. The highest BCUT2D eigenvalue weighted by atomic mass is 35.5. The first kappa shape index (κ1) is 22.2. The molecule has 2 heterocycles. The first-order valence-corrected chi connectivity index (χ1v) is 11.3. The maximum absolute atomic E-state index is 13.7. The van der Waals surface area contributed by atoms with E-state index in [-0.39, 0.29) is 17.5 Å². The summed E-state index contributed by atoms with van der Waals surface area (Å²) in [7, 11) is 0. The van der Waals surface area contributed by atoms with Gasteiger partial charge in [0.15, 0.2) is 0 Å². The molecule has 2 N–H and O–H groups in total. The van der Waals surface area contributed by atoms with Gasteiger partial charge >= 0.3 is 5.97 Å². The Bertz CT molecular complexity index is 1170. The Balaban J connectivity index is 1.46. The lowest BCUT2D eigenvalue weighted by Crippen LogP contribution is -2.47. The van der Waals surface area contributed by atoms with E-state index in [1.807, 2.05) is 24.0 Å². The van der Waals surface area contributed by atoms with Crippen LogP contribution in [0.5, 0.6) is 0 Å². The Morgan fingerprint density at radius 3 is 2.72 bits per heavy atom. The van der Waals surface area contributed by atoms with E-state index < -0.39 is 11.8 Å². The van der Waals surface area contributed by atoms with Gasteiger partial charge < -0.3 is 15.3 Å². The number of thiazole rings is 1. The van der Waals surface area contributed by atoms with Gasteiger partial charge in [0, 0.05) is 35.4 Å². The first-order chi connectivity index (χ1) is 15.3. The summed E-state index contributed by atoms with van der Waals surface area (Å²) in [6.45, 7) is 3.03. The number of rotatable bonds is 5. The van der Waals surface area contributed by atoms with E-state index in [1.165, 1.54) is 23.5 Å². The molecule has 2 aromatic carbocycles. The number of carboxylic acids is 1. The number of anilines is 1. The second-order valence-electron chi connectivity index (χ2n) is 7.67. The number of hydrogen-bond donors (Lipinski definition) is 2. The largest absolute Gasteiger partial charge is 0.478 e. The van der Waals surface area contributed by atoms with E-state index in [0.717, 1.165) is 23.4 Å². The molecule has 166 valence electrons. The molecule has 1 aliphatic rings. The van der Waals surface area contributed by atoms with Crippen LogP contribution in [0.2, 0.25) is 5.02 Å². The van der Waals surface area contributed by atoms with E-state index in [2.05, 4.69) is 10.3 Å². The summed E-state index contributed by atoms with van der Waals surface area (Å²) < 4.78 is 13.7. The Hall–Kier alpha value is -2.97. The van der Waals surface area contributed by atoms with Gasteiger partial charge in [-0.3, -0.25) is 4.79 Å². The summed E-state index contributed by atoms with van der Waals surface area (Å²) in [4.78, 5) is 31.3. The van der Waals surface area contributed by atoms with Gasteiger partial charge in [0.25, 0.3) is 5.91 Å². The van der Waals surface area contributed by atoms with Crippen molar-refractivity contribution in [1.82, 2.24) is 10.3 Å². The smallest absolute Gasteiger partial charge is 0.338 e. The molecule has 1 saturated heterocycles. The fourth-order valence-electron chi connectivity index (χ4n) is 3.78. The quantitative estimate of drug-likeness (QED) is 0.544. The van der Waals surface area contributed by atoms with Crippen molar-refractivity contribution >= 4 is 40.5 Å². The zero-order valence-corrected chi connectivity index (χ0v) is 18.8. The number of hydrogen-bond acceptors (Lipinski definition) is 5. The third-order valence-electron chi connectivity index (χ3n) is 5.40. The van der Waals surface area contributed by atoms with Crippen LogP contribution in [0.3, 0.4) is 0 Å².